The third-order valence-electron chi connectivity index (χ3n) is 11.6. The molecule has 0 spiro atoms. The first kappa shape index (κ1) is 61.2. The number of carbonyl (C=O) groups excluding carboxylic acids is 9. The van der Waals surface area contributed by atoms with Gasteiger partial charge in [0, 0.05) is 36.4 Å². The summed E-state index contributed by atoms with van der Waals surface area (Å²) >= 11 is 0. The predicted octanol–water partition coefficient (Wildman–Crippen LogP) is -2.45. The number of amides is 9. The molecular weight excluding hydrogens is 983 g/mol. The highest BCUT2D eigenvalue weighted by Gasteiger charge is 2.37. The van der Waals surface area contributed by atoms with E-state index < -0.39 is 132 Å². The van der Waals surface area contributed by atoms with Crippen LogP contribution in [0.25, 0.3) is 10.9 Å². The number of para-hydroxylation sites is 1. The van der Waals surface area contributed by atoms with Gasteiger partial charge < -0.3 is 79.8 Å². The summed E-state index contributed by atoms with van der Waals surface area (Å²) in [4.78, 5) is 148. The summed E-state index contributed by atoms with van der Waals surface area (Å²) in [6, 6.07) is -0.664. The Kier molecular flexibility index (Phi) is 23.6. The predicted molar refractivity (Wildman–Crippen MR) is 268 cm³/mol. The number of aromatic nitrogens is 1. The quantitative estimate of drug-likeness (QED) is 0.0318. The van der Waals surface area contributed by atoms with Crippen LogP contribution in [0, 0.1) is 11.8 Å². The molecule has 0 saturated carbocycles. The summed E-state index contributed by atoms with van der Waals surface area (Å²) < 4.78 is 0. The number of aliphatic hydroxyl groups is 1. The minimum atomic E-state index is -2.04. The van der Waals surface area contributed by atoms with Gasteiger partial charge in [-0.3, -0.25) is 47.9 Å². The number of phenolic OH excluding ortho intramolecular Hbond substituents is 1. The smallest absolute Gasteiger partial charge is 0.328 e. The van der Waals surface area contributed by atoms with Crippen molar-refractivity contribution in [3.63, 3.8) is 0 Å². The number of nitrogens with two attached hydrogens (primary N) is 3. The van der Waals surface area contributed by atoms with Gasteiger partial charge in [-0.25, -0.2) is 4.79 Å². The molecule has 18 N–H and O–H groups in total. The van der Waals surface area contributed by atoms with Crippen LogP contribution < -0.4 is 54.4 Å². The van der Waals surface area contributed by atoms with E-state index in [1.807, 2.05) is 13.8 Å². The van der Waals surface area contributed by atoms with Crippen LogP contribution in [0.5, 0.6) is 5.75 Å². The lowest BCUT2D eigenvalue weighted by Gasteiger charge is -2.28. The van der Waals surface area contributed by atoms with Gasteiger partial charge in [-0.2, -0.15) is 0 Å². The van der Waals surface area contributed by atoms with Crippen molar-refractivity contribution in [2.75, 3.05) is 0 Å². The number of carboxylic acid groups (broad SMARTS) is 2. The van der Waals surface area contributed by atoms with E-state index in [-0.39, 0.29) is 56.1 Å². The highest BCUT2D eigenvalue weighted by atomic mass is 16.4. The van der Waals surface area contributed by atoms with Crippen molar-refractivity contribution >= 4 is 76.0 Å². The molecule has 3 aromatic rings. The number of rotatable bonds is 31. The number of fused-ring (bicyclic) bond motifs is 1. The van der Waals surface area contributed by atoms with Gasteiger partial charge in [-0.15, -0.1) is 0 Å². The Labute approximate surface area is 431 Å². The molecule has 0 fully saturated rings. The Bertz CT molecular complexity index is 2530. The Morgan fingerprint density at radius 1 is 0.560 bits per heavy atom. The number of aromatic amines is 1. The fraction of sp³-hybridized carbons (Fsp3) is 0.490. The van der Waals surface area contributed by atoms with Crippen molar-refractivity contribution in [2.45, 2.75) is 140 Å². The molecule has 75 heavy (non-hydrogen) atoms. The molecule has 3 rings (SSSR count). The van der Waals surface area contributed by atoms with Crippen molar-refractivity contribution in [1.29, 1.82) is 0 Å². The molecule has 0 aliphatic rings. The number of aromatic hydroxyl groups is 1. The second-order valence-corrected chi connectivity index (χ2v) is 19.0. The summed E-state index contributed by atoms with van der Waals surface area (Å²) in [5, 5.41) is 56.8. The maximum atomic E-state index is 14.1. The summed E-state index contributed by atoms with van der Waals surface area (Å²) in [6.07, 6.45) is -3.24. The van der Waals surface area contributed by atoms with E-state index in [4.69, 9.17) is 17.2 Å². The van der Waals surface area contributed by atoms with Crippen molar-refractivity contribution in [1.82, 2.24) is 42.2 Å². The summed E-state index contributed by atoms with van der Waals surface area (Å²) in [5.74, 6) is -13.2. The Balaban J connectivity index is 1.95. The lowest BCUT2D eigenvalue weighted by atomic mass is 10.00. The largest absolute Gasteiger partial charge is 0.508 e. The first-order valence-corrected chi connectivity index (χ1v) is 24.1. The molecule has 0 unspecified atom stereocenters. The molecule has 1 aromatic heterocycles. The molecule has 26 nitrogen and oxygen atoms in total. The van der Waals surface area contributed by atoms with Gasteiger partial charge >= 0.3 is 11.9 Å². The van der Waals surface area contributed by atoms with Crippen LogP contribution in [0.2, 0.25) is 0 Å². The number of phenols is 1. The van der Waals surface area contributed by atoms with Crippen molar-refractivity contribution in [2.24, 2.45) is 29.0 Å². The molecule has 1 heterocycles. The second kappa shape index (κ2) is 28.9. The SMILES string of the molecule is CC(C)C[C@H](NC(=O)[C@H](CC(N)=O)NC(=O)[C@H](CC(=O)O)NC(=O)[C@H](Cc1ccc(O)cc1)NC(=O)[C@H](CCC(N)=O)NC(=O)[C@@H](N)CC(C)C)C(=O)N[C@@H](Cc1c[nH]c2ccccc12)C(=O)N[C@H](C(=O)O)[C@@H](C)O. The van der Waals surface area contributed by atoms with Crippen LogP contribution in [-0.2, 0) is 65.6 Å². The van der Waals surface area contributed by atoms with Crippen molar-refractivity contribution in [3.8, 4) is 5.75 Å². The number of H-pyrrole nitrogens is 1. The summed E-state index contributed by atoms with van der Waals surface area (Å²) in [6.45, 7) is 8.13. The van der Waals surface area contributed by atoms with Crippen LogP contribution >= 0.6 is 0 Å². The molecule has 26 heteroatoms. The van der Waals surface area contributed by atoms with Crippen molar-refractivity contribution in [3.05, 3.63) is 65.9 Å². The maximum absolute atomic E-state index is 14.1. The van der Waals surface area contributed by atoms with E-state index in [1.165, 1.54) is 24.3 Å². The Morgan fingerprint density at radius 3 is 1.57 bits per heavy atom. The summed E-state index contributed by atoms with van der Waals surface area (Å²) in [7, 11) is 0. The number of carbonyl (C=O) groups is 11. The van der Waals surface area contributed by atoms with E-state index in [9.17, 15) is 73.2 Å². The first-order chi connectivity index (χ1) is 35.1. The maximum Gasteiger partial charge on any atom is 0.328 e. The number of aliphatic carboxylic acids is 2. The molecule has 0 radical (unpaired) electrons. The zero-order valence-corrected chi connectivity index (χ0v) is 42.2. The topological polar surface area (TPSA) is 447 Å². The van der Waals surface area contributed by atoms with Gasteiger partial charge in [0.25, 0.3) is 0 Å². The van der Waals surface area contributed by atoms with Crippen molar-refractivity contribution < 1.29 is 73.2 Å². The number of hydrogen-bond donors (Lipinski definition) is 15. The normalized spacial score (nSPS) is 14.8. The molecule has 2 aromatic carbocycles. The lowest BCUT2D eigenvalue weighted by molar-refractivity contribution is -0.145. The third-order valence-corrected chi connectivity index (χ3v) is 11.6. The minimum absolute atomic E-state index is 0.0191. The fourth-order valence-corrected chi connectivity index (χ4v) is 7.76. The lowest BCUT2D eigenvalue weighted by Crippen LogP contribution is -2.61. The van der Waals surface area contributed by atoms with E-state index in [2.05, 4.69) is 42.2 Å². The zero-order chi connectivity index (χ0) is 56.3. The molecular formula is C49H69N11O15. The summed E-state index contributed by atoms with van der Waals surface area (Å²) in [5.41, 5.74) is 18.3. The Morgan fingerprint density at radius 2 is 1.04 bits per heavy atom. The van der Waals surface area contributed by atoms with Gasteiger partial charge in [-0.05, 0) is 67.3 Å². The number of primary amides is 2. The highest BCUT2D eigenvalue weighted by molar-refractivity contribution is 6.00. The van der Waals surface area contributed by atoms with E-state index in [1.54, 1.807) is 44.3 Å². The minimum Gasteiger partial charge on any atom is -0.508 e. The van der Waals surface area contributed by atoms with Crippen LogP contribution in [0.1, 0.15) is 84.3 Å². The number of nitrogens with one attached hydrogen (secondary N) is 8. The van der Waals surface area contributed by atoms with Crippen LogP contribution in [0.15, 0.2) is 54.7 Å². The van der Waals surface area contributed by atoms with Gasteiger partial charge in [0.15, 0.2) is 6.04 Å². The van der Waals surface area contributed by atoms with Gasteiger partial charge in [-0.1, -0.05) is 58.0 Å². The second-order valence-electron chi connectivity index (χ2n) is 19.0. The van der Waals surface area contributed by atoms with Crippen LogP contribution in [0.3, 0.4) is 0 Å². The average molecular weight is 1050 g/mol. The zero-order valence-electron chi connectivity index (χ0n) is 42.2. The number of aliphatic hydroxyl groups excluding tert-OH is 1. The fourth-order valence-electron chi connectivity index (χ4n) is 7.76. The van der Waals surface area contributed by atoms with E-state index >= 15 is 0 Å². The number of carboxylic acids is 2. The van der Waals surface area contributed by atoms with Gasteiger partial charge in [0.05, 0.1) is 25.0 Å². The average Bonchev–Trinajstić information content (AvgIpc) is 3.72. The number of benzene rings is 2. The van der Waals surface area contributed by atoms with Crippen LogP contribution in [0.4, 0.5) is 0 Å². The van der Waals surface area contributed by atoms with Gasteiger partial charge in [0.2, 0.25) is 53.2 Å². The first-order valence-electron chi connectivity index (χ1n) is 24.1. The molecule has 410 valence electrons. The van der Waals surface area contributed by atoms with E-state index in [0.29, 0.717) is 22.0 Å². The molecule has 9 amide bonds. The molecule has 0 saturated heterocycles. The number of hydrogen-bond acceptors (Lipinski definition) is 14. The monoisotopic (exact) mass is 1050 g/mol. The molecule has 9 atom stereocenters. The highest BCUT2D eigenvalue weighted by Crippen LogP contribution is 2.20. The molecule has 0 aliphatic carbocycles. The third kappa shape index (κ3) is 20.4. The van der Waals surface area contributed by atoms with Gasteiger partial charge in [0.1, 0.15) is 42.0 Å². The Hall–Kier alpha value is -8.13. The standard InChI is InChI=1S/C49H69N11O15/c1-23(2)16-30(50)42(67)54-32(14-15-38(51)63)43(68)56-34(18-26-10-12-28(62)13-11-26)45(70)59-37(21-40(65)66)47(72)58-36(20-39(52)64)46(71)55-33(17-24(3)4)44(69)57-35(48(73)60-41(25(5)61)49(74)75)19-27-22-53-31-9-7-6-8-29(27)31/h6-13,22-25,30,32-37,41,53,61-62H,14-21,50H2,1-5H3,(H2,51,63)(H2,52,64)(H,54,67)(H,55,71)(H,56,68)(H,57,69)(H,58,72)(H,59,70)(H,60,73)(H,65,66)(H,74,75)/t25-,30+,32+,33+,34+,35+,36+,37+,41+/m1/s1. The van der Waals surface area contributed by atoms with Crippen LogP contribution in [-0.4, -0.2) is 145 Å². The van der Waals surface area contributed by atoms with E-state index in [0.717, 1.165) is 6.92 Å². The molecule has 0 aliphatic heterocycles. The molecule has 0 bridgehead atoms.